The fourth-order valence-electron chi connectivity index (χ4n) is 3.18. The summed E-state index contributed by atoms with van der Waals surface area (Å²) in [5, 5.41) is 3.76. The maximum absolute atomic E-state index is 5.75. The summed E-state index contributed by atoms with van der Waals surface area (Å²) in [6.07, 6.45) is 5.59. The van der Waals surface area contributed by atoms with Crippen LogP contribution in [0.2, 0.25) is 0 Å². The van der Waals surface area contributed by atoms with Crippen molar-refractivity contribution in [2.75, 3.05) is 26.7 Å². The van der Waals surface area contributed by atoms with Crippen molar-refractivity contribution < 1.29 is 4.74 Å². The van der Waals surface area contributed by atoms with Crippen molar-refractivity contribution in [2.24, 2.45) is 5.92 Å². The number of hydrogen-bond donors (Lipinski definition) is 1. The van der Waals surface area contributed by atoms with Gasteiger partial charge >= 0.3 is 0 Å². The van der Waals surface area contributed by atoms with E-state index in [1.54, 1.807) is 0 Å². The molecule has 2 aliphatic rings. The second-order valence-corrected chi connectivity index (χ2v) is 5.94. The van der Waals surface area contributed by atoms with E-state index in [0.29, 0.717) is 18.2 Å². The van der Waals surface area contributed by atoms with Gasteiger partial charge in [-0.1, -0.05) is 0 Å². The van der Waals surface area contributed by atoms with Crippen LogP contribution in [0.1, 0.15) is 39.5 Å². The molecule has 2 heterocycles. The highest BCUT2D eigenvalue weighted by Crippen LogP contribution is 2.22. The molecule has 17 heavy (non-hydrogen) atoms. The van der Waals surface area contributed by atoms with Crippen LogP contribution < -0.4 is 5.32 Å². The summed E-state index contributed by atoms with van der Waals surface area (Å²) in [4.78, 5) is 2.44. The first-order chi connectivity index (χ1) is 8.16. The molecule has 0 saturated carbocycles. The lowest BCUT2D eigenvalue weighted by molar-refractivity contribution is 0.0738. The molecule has 100 valence electrons. The lowest BCUT2D eigenvalue weighted by Gasteiger charge is -2.35. The zero-order valence-electron chi connectivity index (χ0n) is 11.6. The molecule has 3 atom stereocenters. The minimum Gasteiger partial charge on any atom is -0.377 e. The van der Waals surface area contributed by atoms with Crippen LogP contribution in [0.25, 0.3) is 0 Å². The Balaban J connectivity index is 1.73. The standard InChI is InChI=1S/C14H28N2O/c1-11(13-6-8-16(3)9-7-13)15-12(2)14-5-4-10-17-14/h11-15H,4-10H2,1-3H3. The SMILES string of the molecule is CC(NC(C)C1CCCO1)C1CCN(C)CC1. The van der Waals surface area contributed by atoms with Gasteiger partial charge < -0.3 is 15.0 Å². The maximum Gasteiger partial charge on any atom is 0.0726 e. The quantitative estimate of drug-likeness (QED) is 0.812. The van der Waals surface area contributed by atoms with E-state index in [1.807, 2.05) is 0 Å². The van der Waals surface area contributed by atoms with Crippen LogP contribution in [-0.2, 0) is 4.74 Å². The van der Waals surface area contributed by atoms with Gasteiger partial charge in [-0.3, -0.25) is 0 Å². The highest BCUT2D eigenvalue weighted by molar-refractivity contribution is 4.84. The average molecular weight is 240 g/mol. The monoisotopic (exact) mass is 240 g/mol. The molecule has 3 heteroatoms. The van der Waals surface area contributed by atoms with Crippen LogP contribution in [0.4, 0.5) is 0 Å². The molecule has 0 bridgehead atoms. The molecule has 2 aliphatic heterocycles. The van der Waals surface area contributed by atoms with Crippen LogP contribution in [-0.4, -0.2) is 49.8 Å². The van der Waals surface area contributed by atoms with Gasteiger partial charge in [-0.2, -0.15) is 0 Å². The predicted octanol–water partition coefficient (Wildman–Crippen LogP) is 1.87. The molecule has 0 aliphatic carbocycles. The summed E-state index contributed by atoms with van der Waals surface area (Å²) in [6.45, 7) is 8.10. The Kier molecular flexibility index (Phi) is 4.83. The van der Waals surface area contributed by atoms with Crippen molar-refractivity contribution in [3.63, 3.8) is 0 Å². The maximum atomic E-state index is 5.75. The van der Waals surface area contributed by atoms with Gasteiger partial charge in [0.25, 0.3) is 0 Å². The molecule has 0 aromatic carbocycles. The molecular formula is C14H28N2O. The smallest absolute Gasteiger partial charge is 0.0726 e. The van der Waals surface area contributed by atoms with E-state index < -0.39 is 0 Å². The van der Waals surface area contributed by atoms with Gasteiger partial charge in [0.15, 0.2) is 0 Å². The number of hydrogen-bond acceptors (Lipinski definition) is 3. The van der Waals surface area contributed by atoms with Crippen LogP contribution >= 0.6 is 0 Å². The zero-order valence-corrected chi connectivity index (χ0v) is 11.6. The van der Waals surface area contributed by atoms with Crippen LogP contribution in [0.3, 0.4) is 0 Å². The second kappa shape index (κ2) is 6.17. The van der Waals surface area contributed by atoms with Crippen molar-refractivity contribution in [2.45, 2.75) is 57.7 Å². The molecule has 3 unspecified atom stereocenters. The van der Waals surface area contributed by atoms with Crippen molar-refractivity contribution >= 4 is 0 Å². The number of rotatable bonds is 4. The first-order valence-corrected chi connectivity index (χ1v) is 7.23. The predicted molar refractivity (Wildman–Crippen MR) is 71.3 cm³/mol. The van der Waals surface area contributed by atoms with Crippen LogP contribution in [0.5, 0.6) is 0 Å². The molecule has 0 aromatic heterocycles. The Hall–Kier alpha value is -0.120. The number of nitrogens with one attached hydrogen (secondary N) is 1. The van der Waals surface area contributed by atoms with E-state index in [2.05, 4.69) is 31.1 Å². The largest absolute Gasteiger partial charge is 0.377 e. The molecule has 0 spiro atoms. The molecule has 0 aromatic rings. The summed E-state index contributed by atoms with van der Waals surface area (Å²) in [5.41, 5.74) is 0. The van der Waals surface area contributed by atoms with Gasteiger partial charge in [0, 0.05) is 18.7 Å². The van der Waals surface area contributed by atoms with Gasteiger partial charge in [-0.25, -0.2) is 0 Å². The number of likely N-dealkylation sites (tertiary alicyclic amines) is 1. The van der Waals surface area contributed by atoms with Crippen LogP contribution in [0.15, 0.2) is 0 Å². The van der Waals surface area contributed by atoms with Crippen molar-refractivity contribution in [1.29, 1.82) is 0 Å². The van der Waals surface area contributed by atoms with Gasteiger partial charge in [0.2, 0.25) is 0 Å². The van der Waals surface area contributed by atoms with E-state index >= 15 is 0 Å². The first-order valence-electron chi connectivity index (χ1n) is 7.23. The minimum atomic E-state index is 0.448. The van der Waals surface area contributed by atoms with Gasteiger partial charge in [0.1, 0.15) is 0 Å². The summed E-state index contributed by atoms with van der Waals surface area (Å²) < 4.78 is 5.75. The Labute approximate surface area is 106 Å². The summed E-state index contributed by atoms with van der Waals surface area (Å²) in [7, 11) is 2.23. The summed E-state index contributed by atoms with van der Waals surface area (Å²) in [5.74, 6) is 0.843. The summed E-state index contributed by atoms with van der Waals surface area (Å²) in [6, 6.07) is 1.13. The first kappa shape index (κ1) is 13.3. The fraction of sp³-hybridized carbons (Fsp3) is 1.00. The molecule has 0 amide bonds. The highest BCUT2D eigenvalue weighted by atomic mass is 16.5. The third kappa shape index (κ3) is 3.67. The van der Waals surface area contributed by atoms with Crippen molar-refractivity contribution in [3.8, 4) is 0 Å². The lowest BCUT2D eigenvalue weighted by atomic mass is 9.90. The Bertz CT molecular complexity index is 220. The van der Waals surface area contributed by atoms with E-state index in [0.717, 1.165) is 12.5 Å². The Morgan fingerprint density at radius 1 is 1.12 bits per heavy atom. The third-order valence-corrected chi connectivity index (χ3v) is 4.52. The molecule has 2 rings (SSSR count). The van der Waals surface area contributed by atoms with E-state index in [-0.39, 0.29) is 0 Å². The van der Waals surface area contributed by atoms with Crippen molar-refractivity contribution in [1.82, 2.24) is 10.2 Å². The number of piperidine rings is 1. The minimum absolute atomic E-state index is 0.448. The van der Waals surface area contributed by atoms with E-state index in [1.165, 1.54) is 38.8 Å². The Morgan fingerprint density at radius 3 is 2.41 bits per heavy atom. The lowest BCUT2D eigenvalue weighted by Crippen LogP contribution is -2.47. The molecule has 3 nitrogen and oxygen atoms in total. The molecule has 2 fully saturated rings. The summed E-state index contributed by atoms with van der Waals surface area (Å²) >= 11 is 0. The number of ether oxygens (including phenoxy) is 1. The molecule has 2 saturated heterocycles. The third-order valence-electron chi connectivity index (χ3n) is 4.52. The number of nitrogens with zero attached hydrogens (tertiary/aromatic N) is 1. The average Bonchev–Trinajstić information content (AvgIpc) is 2.83. The topological polar surface area (TPSA) is 24.5 Å². The van der Waals surface area contributed by atoms with Gasteiger partial charge in [0.05, 0.1) is 6.10 Å². The van der Waals surface area contributed by atoms with Gasteiger partial charge in [-0.05, 0) is 65.6 Å². The fourth-order valence-corrected chi connectivity index (χ4v) is 3.18. The molecule has 0 radical (unpaired) electrons. The zero-order chi connectivity index (χ0) is 12.3. The normalized spacial score (nSPS) is 31.6. The highest BCUT2D eigenvalue weighted by Gasteiger charge is 2.27. The second-order valence-electron chi connectivity index (χ2n) is 5.94. The van der Waals surface area contributed by atoms with E-state index in [9.17, 15) is 0 Å². The Morgan fingerprint density at radius 2 is 1.82 bits per heavy atom. The molecular weight excluding hydrogens is 212 g/mol. The van der Waals surface area contributed by atoms with Gasteiger partial charge in [-0.15, -0.1) is 0 Å². The van der Waals surface area contributed by atoms with Crippen molar-refractivity contribution in [3.05, 3.63) is 0 Å². The molecule has 1 N–H and O–H groups in total. The van der Waals surface area contributed by atoms with E-state index in [4.69, 9.17) is 4.74 Å². The van der Waals surface area contributed by atoms with Crippen LogP contribution in [0, 0.1) is 5.92 Å².